The molecular formula is C18H27N3O. The summed E-state index contributed by atoms with van der Waals surface area (Å²) in [5, 5.41) is 6.23. The molecule has 0 spiro atoms. The lowest BCUT2D eigenvalue weighted by molar-refractivity contribution is -0.126. The summed E-state index contributed by atoms with van der Waals surface area (Å²) in [5.41, 5.74) is 2.60. The van der Waals surface area contributed by atoms with E-state index >= 15 is 0 Å². The molecule has 2 saturated heterocycles. The largest absolute Gasteiger partial charge is 0.352 e. The molecule has 1 aromatic rings. The van der Waals surface area contributed by atoms with Gasteiger partial charge in [0.05, 0.1) is 5.92 Å². The highest BCUT2D eigenvalue weighted by Crippen LogP contribution is 2.19. The molecule has 0 aliphatic carbocycles. The Morgan fingerprint density at radius 2 is 2.09 bits per heavy atom. The van der Waals surface area contributed by atoms with E-state index in [4.69, 9.17) is 0 Å². The zero-order valence-electron chi connectivity index (χ0n) is 13.5. The van der Waals surface area contributed by atoms with Gasteiger partial charge in [0, 0.05) is 32.7 Å². The van der Waals surface area contributed by atoms with Gasteiger partial charge in [0.1, 0.15) is 0 Å². The van der Waals surface area contributed by atoms with Crippen LogP contribution in [0.15, 0.2) is 24.3 Å². The standard InChI is InChI=1S/C18H27N3O/c1-14-5-4-8-21(12-14)13-16-7-3-2-6-15(16)11-20-18(22)17-9-19-10-17/h2-3,6-7,14,17,19H,4-5,8-13H2,1H3,(H,20,22). The van der Waals surface area contributed by atoms with E-state index in [1.54, 1.807) is 0 Å². The minimum atomic E-state index is 0.162. The Hall–Kier alpha value is -1.39. The summed E-state index contributed by atoms with van der Waals surface area (Å²) >= 11 is 0. The molecule has 0 radical (unpaired) electrons. The van der Waals surface area contributed by atoms with Crippen molar-refractivity contribution in [3.05, 3.63) is 35.4 Å². The van der Waals surface area contributed by atoms with Crippen LogP contribution in [0.25, 0.3) is 0 Å². The number of piperidine rings is 1. The number of nitrogens with one attached hydrogen (secondary N) is 2. The zero-order chi connectivity index (χ0) is 15.4. The molecule has 4 nitrogen and oxygen atoms in total. The highest BCUT2D eigenvalue weighted by molar-refractivity contribution is 5.80. The Bertz CT molecular complexity index is 513. The van der Waals surface area contributed by atoms with Gasteiger partial charge in [-0.3, -0.25) is 9.69 Å². The lowest BCUT2D eigenvalue weighted by Crippen LogP contribution is -2.50. The lowest BCUT2D eigenvalue weighted by atomic mass is 9.98. The van der Waals surface area contributed by atoms with Crippen molar-refractivity contribution in [2.24, 2.45) is 11.8 Å². The van der Waals surface area contributed by atoms with Crippen LogP contribution in [-0.2, 0) is 17.9 Å². The third-order valence-electron chi connectivity index (χ3n) is 4.86. The molecule has 0 bridgehead atoms. The first-order valence-electron chi connectivity index (χ1n) is 8.50. The third kappa shape index (κ3) is 3.87. The van der Waals surface area contributed by atoms with E-state index in [9.17, 15) is 4.79 Å². The minimum absolute atomic E-state index is 0.162. The average Bonchev–Trinajstić information content (AvgIpc) is 2.44. The third-order valence-corrected chi connectivity index (χ3v) is 4.86. The second-order valence-corrected chi connectivity index (χ2v) is 6.82. The van der Waals surface area contributed by atoms with Gasteiger partial charge >= 0.3 is 0 Å². The van der Waals surface area contributed by atoms with Crippen LogP contribution in [0.4, 0.5) is 0 Å². The highest BCUT2D eigenvalue weighted by Gasteiger charge is 2.24. The molecule has 2 fully saturated rings. The Kier molecular flexibility index (Phi) is 5.11. The maximum Gasteiger partial charge on any atom is 0.225 e. The molecule has 1 unspecified atom stereocenters. The summed E-state index contributed by atoms with van der Waals surface area (Å²) in [6.07, 6.45) is 2.65. The molecule has 0 saturated carbocycles. The molecule has 1 aromatic carbocycles. The Morgan fingerprint density at radius 1 is 1.32 bits per heavy atom. The molecule has 1 amide bonds. The maximum atomic E-state index is 12.0. The number of carbonyl (C=O) groups excluding carboxylic acids is 1. The summed E-state index contributed by atoms with van der Waals surface area (Å²) in [6, 6.07) is 8.51. The second kappa shape index (κ2) is 7.25. The zero-order valence-corrected chi connectivity index (χ0v) is 13.5. The summed E-state index contributed by atoms with van der Waals surface area (Å²) in [5.74, 6) is 1.14. The van der Waals surface area contributed by atoms with Gasteiger partial charge < -0.3 is 10.6 Å². The molecule has 22 heavy (non-hydrogen) atoms. The average molecular weight is 301 g/mol. The van der Waals surface area contributed by atoms with Gasteiger partial charge in [-0.15, -0.1) is 0 Å². The molecule has 120 valence electrons. The number of amides is 1. The number of hydrogen-bond donors (Lipinski definition) is 2. The molecule has 2 aliphatic rings. The van der Waals surface area contributed by atoms with Gasteiger partial charge in [0.25, 0.3) is 0 Å². The van der Waals surface area contributed by atoms with Crippen molar-refractivity contribution in [1.82, 2.24) is 15.5 Å². The number of hydrogen-bond acceptors (Lipinski definition) is 3. The van der Waals surface area contributed by atoms with Crippen molar-refractivity contribution in [2.75, 3.05) is 26.2 Å². The van der Waals surface area contributed by atoms with Gasteiger partial charge in [-0.25, -0.2) is 0 Å². The monoisotopic (exact) mass is 301 g/mol. The van der Waals surface area contributed by atoms with Gasteiger partial charge in [-0.2, -0.15) is 0 Å². The Morgan fingerprint density at radius 3 is 2.77 bits per heavy atom. The number of carbonyl (C=O) groups is 1. The molecule has 2 aliphatic heterocycles. The Balaban J connectivity index is 1.58. The van der Waals surface area contributed by atoms with E-state index in [2.05, 4.69) is 46.7 Å². The van der Waals surface area contributed by atoms with Crippen LogP contribution in [0.3, 0.4) is 0 Å². The smallest absolute Gasteiger partial charge is 0.225 e. The van der Waals surface area contributed by atoms with Crippen molar-refractivity contribution in [3.8, 4) is 0 Å². The van der Waals surface area contributed by atoms with E-state index in [-0.39, 0.29) is 11.8 Å². The fraction of sp³-hybridized carbons (Fsp3) is 0.611. The summed E-state index contributed by atoms with van der Waals surface area (Å²) in [4.78, 5) is 14.5. The molecule has 2 N–H and O–H groups in total. The summed E-state index contributed by atoms with van der Waals surface area (Å²) in [7, 11) is 0. The number of likely N-dealkylation sites (tertiary alicyclic amines) is 1. The van der Waals surface area contributed by atoms with Gasteiger partial charge in [0.15, 0.2) is 0 Å². The van der Waals surface area contributed by atoms with E-state index < -0.39 is 0 Å². The van der Waals surface area contributed by atoms with E-state index in [1.165, 1.54) is 37.1 Å². The van der Waals surface area contributed by atoms with Crippen LogP contribution in [-0.4, -0.2) is 37.0 Å². The molecule has 0 aromatic heterocycles. The molecule has 1 atom stereocenters. The SMILES string of the molecule is CC1CCCN(Cc2ccccc2CNC(=O)C2CNC2)C1. The van der Waals surface area contributed by atoms with Crippen molar-refractivity contribution in [3.63, 3.8) is 0 Å². The minimum Gasteiger partial charge on any atom is -0.352 e. The van der Waals surface area contributed by atoms with Crippen LogP contribution in [0.2, 0.25) is 0 Å². The fourth-order valence-corrected chi connectivity index (χ4v) is 3.36. The van der Waals surface area contributed by atoms with Crippen LogP contribution < -0.4 is 10.6 Å². The van der Waals surface area contributed by atoms with Crippen LogP contribution in [0.1, 0.15) is 30.9 Å². The summed E-state index contributed by atoms with van der Waals surface area (Å²) in [6.45, 7) is 8.01. The first kappa shape index (κ1) is 15.5. The first-order valence-corrected chi connectivity index (χ1v) is 8.50. The molecule has 4 heteroatoms. The number of rotatable bonds is 5. The van der Waals surface area contributed by atoms with Crippen molar-refractivity contribution < 1.29 is 4.79 Å². The molecule has 2 heterocycles. The van der Waals surface area contributed by atoms with Crippen LogP contribution in [0.5, 0.6) is 0 Å². The van der Waals surface area contributed by atoms with Gasteiger partial charge in [-0.1, -0.05) is 31.2 Å². The van der Waals surface area contributed by atoms with E-state index in [0.29, 0.717) is 6.54 Å². The second-order valence-electron chi connectivity index (χ2n) is 6.82. The number of nitrogens with zero attached hydrogens (tertiary/aromatic N) is 1. The molecular weight excluding hydrogens is 274 g/mol. The van der Waals surface area contributed by atoms with Crippen molar-refractivity contribution >= 4 is 5.91 Å². The van der Waals surface area contributed by atoms with Crippen LogP contribution >= 0.6 is 0 Å². The van der Waals surface area contributed by atoms with E-state index in [1.807, 2.05) is 0 Å². The van der Waals surface area contributed by atoms with Crippen molar-refractivity contribution in [1.29, 1.82) is 0 Å². The number of benzene rings is 1. The van der Waals surface area contributed by atoms with Gasteiger partial charge in [-0.05, 0) is 36.4 Å². The first-order chi connectivity index (χ1) is 10.7. The van der Waals surface area contributed by atoms with E-state index in [0.717, 1.165) is 25.6 Å². The topological polar surface area (TPSA) is 44.4 Å². The predicted molar refractivity (Wildman–Crippen MR) is 88.3 cm³/mol. The fourth-order valence-electron chi connectivity index (χ4n) is 3.36. The van der Waals surface area contributed by atoms with Crippen molar-refractivity contribution in [2.45, 2.75) is 32.9 Å². The highest BCUT2D eigenvalue weighted by atomic mass is 16.2. The van der Waals surface area contributed by atoms with Gasteiger partial charge in [0.2, 0.25) is 5.91 Å². The summed E-state index contributed by atoms with van der Waals surface area (Å²) < 4.78 is 0. The normalized spacial score (nSPS) is 23.0. The quantitative estimate of drug-likeness (QED) is 0.871. The lowest BCUT2D eigenvalue weighted by Gasteiger charge is -2.31. The maximum absolute atomic E-state index is 12.0. The Labute approximate surface area is 133 Å². The molecule has 3 rings (SSSR count). The van der Waals surface area contributed by atoms with Crippen LogP contribution in [0, 0.1) is 11.8 Å². The predicted octanol–water partition coefficient (Wildman–Crippen LogP) is 1.75.